The third-order valence-corrected chi connectivity index (χ3v) is 8.87. The van der Waals surface area contributed by atoms with Crippen molar-refractivity contribution in [3.63, 3.8) is 0 Å². The highest BCUT2D eigenvalue weighted by Crippen LogP contribution is 2.55. The Morgan fingerprint density at radius 2 is 1.70 bits per heavy atom. The minimum absolute atomic E-state index is 0.00338. The fourth-order valence-corrected chi connectivity index (χ4v) is 6.31. The van der Waals surface area contributed by atoms with Crippen molar-refractivity contribution < 1.29 is 43.2 Å². The van der Waals surface area contributed by atoms with E-state index < -0.39 is 40.7 Å². The number of Topliss-reactive ketones (excluding diaryl/α,β-unsaturated/α-hetero) is 2. The smallest absolute Gasteiger partial charge is 0.306 e. The average molecular weight is 629 g/mol. The zero-order valence-electron chi connectivity index (χ0n) is 26.0. The number of benzene rings is 2. The van der Waals surface area contributed by atoms with Crippen LogP contribution in [0.2, 0.25) is 5.02 Å². The highest BCUT2D eigenvalue weighted by molar-refractivity contribution is 6.35. The molecule has 1 spiro atoms. The van der Waals surface area contributed by atoms with E-state index in [-0.39, 0.29) is 46.2 Å². The summed E-state index contributed by atoms with van der Waals surface area (Å²) in [4.78, 5) is 40.4. The average Bonchev–Trinajstić information content (AvgIpc) is 3.34. The van der Waals surface area contributed by atoms with E-state index in [0.717, 1.165) is 12.8 Å². The molecule has 1 aliphatic carbocycles. The first kappa shape index (κ1) is 33.2. The summed E-state index contributed by atoms with van der Waals surface area (Å²) in [7, 11) is 4.06. The maximum Gasteiger partial charge on any atom is 0.306 e. The number of rotatable bonds is 14. The second kappa shape index (κ2) is 14.4. The van der Waals surface area contributed by atoms with Crippen LogP contribution in [-0.4, -0.2) is 56.2 Å². The molecule has 0 fully saturated rings. The number of allylic oxidation sites excluding steroid dienone is 1. The van der Waals surface area contributed by atoms with E-state index in [0.29, 0.717) is 17.9 Å². The van der Waals surface area contributed by atoms with E-state index in [1.165, 1.54) is 53.1 Å². The summed E-state index contributed by atoms with van der Waals surface area (Å²) in [6, 6.07) is 8.50. The molecular weight excluding hydrogens is 588 g/mol. The third kappa shape index (κ3) is 6.25. The molecule has 0 saturated heterocycles. The molecule has 3 atom stereocenters. The van der Waals surface area contributed by atoms with Gasteiger partial charge in [0.2, 0.25) is 11.4 Å². The van der Waals surface area contributed by atoms with Gasteiger partial charge in [0.1, 0.15) is 27.8 Å². The largest absolute Gasteiger partial charge is 0.507 e. The van der Waals surface area contributed by atoms with E-state index >= 15 is 0 Å². The summed E-state index contributed by atoms with van der Waals surface area (Å²) in [6.07, 6.45) is 6.54. The van der Waals surface area contributed by atoms with Crippen molar-refractivity contribution >= 4 is 29.1 Å². The molecule has 1 N–H and O–H groups in total. The van der Waals surface area contributed by atoms with Crippen LogP contribution in [0.3, 0.4) is 0 Å². The molecule has 0 saturated carbocycles. The Labute approximate surface area is 263 Å². The number of unbranched alkanes of at least 4 members (excludes halogenated alkanes) is 5. The van der Waals surface area contributed by atoms with Crippen LogP contribution in [0.15, 0.2) is 41.7 Å². The summed E-state index contributed by atoms with van der Waals surface area (Å²) >= 11 is 6.55. The van der Waals surface area contributed by atoms with Gasteiger partial charge in [0.15, 0.2) is 17.3 Å². The lowest BCUT2D eigenvalue weighted by atomic mass is 9.69. The van der Waals surface area contributed by atoms with Crippen LogP contribution in [0.25, 0.3) is 0 Å². The molecule has 4 rings (SSSR count). The third-order valence-electron chi connectivity index (χ3n) is 8.51. The highest BCUT2D eigenvalue weighted by atomic mass is 35.5. The number of ketones is 2. The van der Waals surface area contributed by atoms with Gasteiger partial charge in [-0.3, -0.25) is 14.4 Å². The Balaban J connectivity index is 1.70. The van der Waals surface area contributed by atoms with Crippen molar-refractivity contribution in [3.05, 3.63) is 57.8 Å². The van der Waals surface area contributed by atoms with Gasteiger partial charge in [0.25, 0.3) is 0 Å². The Morgan fingerprint density at radius 3 is 2.34 bits per heavy atom. The Hall–Kier alpha value is -3.72. The minimum atomic E-state index is -1.95. The van der Waals surface area contributed by atoms with Gasteiger partial charge in [-0.05, 0) is 24.1 Å². The molecule has 44 heavy (non-hydrogen) atoms. The molecule has 1 aliphatic heterocycles. The molecule has 2 aromatic rings. The van der Waals surface area contributed by atoms with E-state index in [9.17, 15) is 19.5 Å². The van der Waals surface area contributed by atoms with Crippen LogP contribution in [-0.2, 0) is 14.3 Å². The highest BCUT2D eigenvalue weighted by Gasteiger charge is 2.61. The quantitative estimate of drug-likeness (QED) is 0.171. The topological polar surface area (TPSA) is 118 Å². The molecule has 1 heterocycles. The minimum Gasteiger partial charge on any atom is -0.507 e. The first-order valence-corrected chi connectivity index (χ1v) is 15.5. The molecule has 1 unspecified atom stereocenters. The number of methoxy groups -OCH3 is 3. The van der Waals surface area contributed by atoms with Gasteiger partial charge < -0.3 is 28.8 Å². The SMILES string of the molecule is CCCCCCCCOc1ccc(C(CC(=O)OC)C2=C(O)[C@@]3(Oc4c(Cl)c(OC)cc(OC)c4C3=O)[C@H](C)CC2=O)cc1. The monoisotopic (exact) mass is 628 g/mol. The lowest BCUT2D eigenvalue weighted by Crippen LogP contribution is -2.53. The Bertz CT molecular complexity index is 1410. The van der Waals surface area contributed by atoms with Gasteiger partial charge in [-0.1, -0.05) is 69.7 Å². The molecule has 0 aromatic heterocycles. The fourth-order valence-electron chi connectivity index (χ4n) is 6.04. The zero-order valence-corrected chi connectivity index (χ0v) is 26.8. The van der Waals surface area contributed by atoms with Crippen molar-refractivity contribution in [3.8, 4) is 23.0 Å². The predicted molar refractivity (Wildman–Crippen MR) is 165 cm³/mol. The molecule has 2 aliphatic rings. The zero-order chi connectivity index (χ0) is 32.0. The number of carbonyl (C=O) groups is 3. The molecule has 10 heteroatoms. The van der Waals surface area contributed by atoms with Crippen LogP contribution in [0.1, 0.15) is 87.1 Å². The number of carbonyl (C=O) groups excluding carboxylic acids is 3. The molecule has 0 radical (unpaired) electrons. The summed E-state index contributed by atoms with van der Waals surface area (Å²) in [5.41, 5.74) is -1.43. The summed E-state index contributed by atoms with van der Waals surface area (Å²) in [5, 5.41) is 11.9. The first-order valence-electron chi connectivity index (χ1n) is 15.1. The van der Waals surface area contributed by atoms with Crippen LogP contribution in [0.5, 0.6) is 23.0 Å². The van der Waals surface area contributed by atoms with Gasteiger partial charge in [-0.2, -0.15) is 0 Å². The predicted octanol–water partition coefficient (Wildman–Crippen LogP) is 7.18. The lowest BCUT2D eigenvalue weighted by Gasteiger charge is -2.38. The number of hydrogen-bond donors (Lipinski definition) is 1. The van der Waals surface area contributed by atoms with Crippen LogP contribution in [0, 0.1) is 5.92 Å². The summed E-state index contributed by atoms with van der Waals surface area (Å²) < 4.78 is 27.9. The van der Waals surface area contributed by atoms with Crippen molar-refractivity contribution in [1.29, 1.82) is 0 Å². The van der Waals surface area contributed by atoms with Gasteiger partial charge in [0, 0.05) is 29.9 Å². The lowest BCUT2D eigenvalue weighted by molar-refractivity contribution is -0.140. The second-order valence-corrected chi connectivity index (χ2v) is 11.7. The maximum absolute atomic E-state index is 14.1. The molecule has 238 valence electrons. The normalized spacial score (nSPS) is 19.9. The molecule has 0 amide bonds. The number of esters is 1. The fraction of sp³-hybridized carbons (Fsp3) is 0.500. The molecular formula is C34H41ClO9. The number of hydrogen-bond acceptors (Lipinski definition) is 9. The molecule has 0 bridgehead atoms. The van der Waals surface area contributed by atoms with Gasteiger partial charge >= 0.3 is 5.97 Å². The van der Waals surface area contributed by atoms with Gasteiger partial charge in [0.05, 0.1) is 34.4 Å². The Morgan fingerprint density at radius 1 is 1.05 bits per heavy atom. The van der Waals surface area contributed by atoms with E-state index in [4.69, 9.17) is 35.3 Å². The van der Waals surface area contributed by atoms with E-state index in [2.05, 4.69) is 6.92 Å². The standard InChI is InChI=1S/C34H41ClO9/c1-6-7-8-9-10-11-16-43-22-14-12-21(13-15-22)23(18-27(37)42-5)28-24(36)17-20(2)34(32(28)38)33(39)29-25(40-3)19-26(41-4)30(35)31(29)44-34/h12-15,19-20,23,38H,6-11,16-18H2,1-5H3/t20-,23?,34+/m1/s1. The van der Waals surface area contributed by atoms with Crippen molar-refractivity contribution in [2.75, 3.05) is 27.9 Å². The van der Waals surface area contributed by atoms with Crippen LogP contribution < -0.4 is 18.9 Å². The van der Waals surface area contributed by atoms with Gasteiger partial charge in [-0.15, -0.1) is 0 Å². The van der Waals surface area contributed by atoms with Crippen molar-refractivity contribution in [2.45, 2.75) is 76.7 Å². The number of fused-ring (bicyclic) bond motifs is 1. The Kier molecular flexibility index (Phi) is 10.8. The van der Waals surface area contributed by atoms with E-state index in [1.807, 2.05) is 0 Å². The van der Waals surface area contributed by atoms with Crippen LogP contribution >= 0.6 is 11.6 Å². The summed E-state index contributed by atoms with van der Waals surface area (Å²) in [6.45, 7) is 4.42. The second-order valence-electron chi connectivity index (χ2n) is 11.3. The van der Waals surface area contributed by atoms with Crippen molar-refractivity contribution in [1.82, 2.24) is 0 Å². The first-order chi connectivity index (χ1) is 21.1. The molecule has 2 aromatic carbocycles. The summed E-state index contributed by atoms with van der Waals surface area (Å²) in [5.74, 6) is -2.80. The molecule has 9 nitrogen and oxygen atoms in total. The number of halogens is 1. The van der Waals surface area contributed by atoms with Crippen LogP contribution in [0.4, 0.5) is 0 Å². The van der Waals surface area contributed by atoms with Crippen molar-refractivity contribution in [2.24, 2.45) is 5.92 Å². The number of aliphatic hydroxyl groups excluding tert-OH is 1. The number of aliphatic hydroxyl groups is 1. The maximum atomic E-state index is 14.1. The van der Waals surface area contributed by atoms with E-state index in [1.54, 1.807) is 31.2 Å². The number of ether oxygens (including phenoxy) is 5. The van der Waals surface area contributed by atoms with Gasteiger partial charge in [-0.25, -0.2) is 0 Å².